The summed E-state index contributed by atoms with van der Waals surface area (Å²) in [5, 5.41) is 17.2. The number of hydrogen-bond donors (Lipinski definition) is 3. The van der Waals surface area contributed by atoms with Crippen LogP contribution < -0.4 is 11.1 Å². The molecule has 0 saturated heterocycles. The van der Waals surface area contributed by atoms with Crippen molar-refractivity contribution in [3.8, 4) is 0 Å². The molecule has 2 atom stereocenters. The Bertz CT molecular complexity index is 388. The third-order valence-corrected chi connectivity index (χ3v) is 3.69. The fourth-order valence-corrected chi connectivity index (χ4v) is 2.60. The van der Waals surface area contributed by atoms with Crippen molar-refractivity contribution in [3.63, 3.8) is 0 Å². The maximum Gasteiger partial charge on any atom is 0.148 e. The predicted molar refractivity (Wildman–Crippen MR) is 68.9 cm³/mol. The molecule has 1 fully saturated rings. The van der Waals surface area contributed by atoms with Gasteiger partial charge in [0.05, 0.1) is 11.4 Å². The molecule has 5 nitrogen and oxygen atoms in total. The van der Waals surface area contributed by atoms with E-state index in [0.717, 1.165) is 36.6 Å². The van der Waals surface area contributed by atoms with Crippen LogP contribution in [0.5, 0.6) is 0 Å². The third kappa shape index (κ3) is 2.24. The number of aromatic nitrogens is 2. The molecule has 2 unspecified atom stereocenters. The van der Waals surface area contributed by atoms with Crippen LogP contribution in [-0.4, -0.2) is 27.5 Å². The highest BCUT2D eigenvalue weighted by molar-refractivity contribution is 5.65. The van der Waals surface area contributed by atoms with Gasteiger partial charge in [0, 0.05) is 25.1 Å². The van der Waals surface area contributed by atoms with Gasteiger partial charge in [0.15, 0.2) is 0 Å². The van der Waals surface area contributed by atoms with E-state index in [1.165, 1.54) is 6.42 Å². The van der Waals surface area contributed by atoms with Crippen LogP contribution in [0.4, 0.5) is 11.5 Å². The van der Waals surface area contributed by atoms with Gasteiger partial charge in [-0.15, -0.1) is 0 Å². The summed E-state index contributed by atoms with van der Waals surface area (Å²) < 4.78 is 1.90. The largest absolute Gasteiger partial charge is 0.396 e. The van der Waals surface area contributed by atoms with Gasteiger partial charge in [-0.25, -0.2) is 4.68 Å². The van der Waals surface area contributed by atoms with E-state index in [4.69, 9.17) is 5.73 Å². The van der Waals surface area contributed by atoms with Crippen molar-refractivity contribution in [2.75, 3.05) is 17.7 Å². The molecule has 17 heavy (non-hydrogen) atoms. The van der Waals surface area contributed by atoms with Crippen LogP contribution in [0.15, 0.2) is 0 Å². The Labute approximate surface area is 102 Å². The summed E-state index contributed by atoms with van der Waals surface area (Å²) in [4.78, 5) is 0. The zero-order valence-corrected chi connectivity index (χ0v) is 10.6. The topological polar surface area (TPSA) is 76.1 Å². The Kier molecular flexibility index (Phi) is 3.57. The highest BCUT2D eigenvalue weighted by Gasteiger charge is 2.28. The molecule has 1 heterocycles. The molecule has 96 valence electrons. The summed E-state index contributed by atoms with van der Waals surface area (Å²) in [6.45, 7) is 5.02. The van der Waals surface area contributed by atoms with Gasteiger partial charge in [-0.2, -0.15) is 5.10 Å². The molecule has 1 aromatic rings. The first-order valence-electron chi connectivity index (χ1n) is 6.37. The number of aliphatic hydroxyl groups is 1. The molecular weight excluding hydrogens is 216 g/mol. The normalized spacial score (nSPS) is 24.2. The average molecular weight is 238 g/mol. The first kappa shape index (κ1) is 12.2. The smallest absolute Gasteiger partial charge is 0.148 e. The molecule has 0 amide bonds. The summed E-state index contributed by atoms with van der Waals surface area (Å²) in [6.07, 6.45) is 3.36. The Morgan fingerprint density at radius 2 is 2.29 bits per heavy atom. The summed E-state index contributed by atoms with van der Waals surface area (Å²) in [7, 11) is 0. The number of nitrogen functional groups attached to an aromatic ring is 1. The van der Waals surface area contributed by atoms with Crippen molar-refractivity contribution in [3.05, 3.63) is 5.69 Å². The molecule has 1 aromatic heterocycles. The fourth-order valence-electron chi connectivity index (χ4n) is 2.60. The number of rotatable bonds is 4. The number of aliphatic hydroxyl groups excluding tert-OH is 1. The standard InChI is InChI=1S/C12H22N4O/c1-3-16-12(11(13)8(2)15-16)14-10-6-4-5-9(10)7-17/h9-10,14,17H,3-7,13H2,1-2H3. The Morgan fingerprint density at radius 1 is 1.53 bits per heavy atom. The first-order valence-corrected chi connectivity index (χ1v) is 6.37. The molecule has 0 radical (unpaired) electrons. The van der Waals surface area contributed by atoms with Crippen molar-refractivity contribution in [1.29, 1.82) is 0 Å². The lowest BCUT2D eigenvalue weighted by Crippen LogP contribution is -2.28. The van der Waals surface area contributed by atoms with Gasteiger partial charge in [0.2, 0.25) is 0 Å². The Morgan fingerprint density at radius 3 is 2.94 bits per heavy atom. The fraction of sp³-hybridized carbons (Fsp3) is 0.750. The number of nitrogens with zero attached hydrogens (tertiary/aromatic N) is 2. The van der Waals surface area contributed by atoms with Crippen LogP contribution in [0.1, 0.15) is 31.9 Å². The maximum absolute atomic E-state index is 9.32. The number of aryl methyl sites for hydroxylation is 2. The van der Waals surface area contributed by atoms with E-state index in [9.17, 15) is 5.11 Å². The summed E-state index contributed by atoms with van der Waals surface area (Å²) >= 11 is 0. The van der Waals surface area contributed by atoms with E-state index >= 15 is 0 Å². The van der Waals surface area contributed by atoms with Crippen molar-refractivity contribution in [2.24, 2.45) is 5.92 Å². The molecule has 1 saturated carbocycles. The van der Waals surface area contributed by atoms with Crippen LogP contribution in [-0.2, 0) is 6.54 Å². The quantitative estimate of drug-likeness (QED) is 0.740. The second-order valence-corrected chi connectivity index (χ2v) is 4.79. The molecule has 1 aliphatic rings. The zero-order valence-electron chi connectivity index (χ0n) is 10.6. The predicted octanol–water partition coefficient (Wildman–Crippen LogP) is 1.37. The molecule has 0 spiro atoms. The first-order chi connectivity index (χ1) is 8.17. The van der Waals surface area contributed by atoms with Crippen LogP contribution in [0.3, 0.4) is 0 Å². The van der Waals surface area contributed by atoms with Crippen molar-refractivity contribution in [1.82, 2.24) is 9.78 Å². The van der Waals surface area contributed by atoms with Gasteiger partial charge >= 0.3 is 0 Å². The van der Waals surface area contributed by atoms with Crippen molar-refractivity contribution in [2.45, 2.75) is 45.7 Å². The van der Waals surface area contributed by atoms with Crippen LogP contribution in [0, 0.1) is 12.8 Å². The molecule has 0 bridgehead atoms. The van der Waals surface area contributed by atoms with E-state index in [0.29, 0.717) is 12.0 Å². The van der Waals surface area contributed by atoms with Gasteiger partial charge < -0.3 is 16.2 Å². The van der Waals surface area contributed by atoms with Crippen molar-refractivity contribution < 1.29 is 5.11 Å². The van der Waals surface area contributed by atoms with Gasteiger partial charge in [-0.3, -0.25) is 0 Å². The van der Waals surface area contributed by atoms with Gasteiger partial charge in [-0.05, 0) is 26.7 Å². The molecule has 0 aliphatic heterocycles. The summed E-state index contributed by atoms with van der Waals surface area (Å²) in [5.74, 6) is 1.25. The second-order valence-electron chi connectivity index (χ2n) is 4.79. The molecule has 0 aromatic carbocycles. The lowest BCUT2D eigenvalue weighted by molar-refractivity contribution is 0.222. The lowest BCUT2D eigenvalue weighted by Gasteiger charge is -2.21. The van der Waals surface area contributed by atoms with Crippen LogP contribution >= 0.6 is 0 Å². The summed E-state index contributed by atoms with van der Waals surface area (Å²) in [5.41, 5.74) is 7.64. The highest BCUT2D eigenvalue weighted by atomic mass is 16.3. The second kappa shape index (κ2) is 4.96. The zero-order chi connectivity index (χ0) is 12.4. The molecule has 2 rings (SSSR count). The van der Waals surface area contributed by atoms with E-state index in [2.05, 4.69) is 17.3 Å². The number of nitrogens with one attached hydrogen (secondary N) is 1. The summed E-state index contributed by atoms with van der Waals surface area (Å²) in [6, 6.07) is 0.323. The number of nitrogens with two attached hydrogens (primary N) is 1. The van der Waals surface area contributed by atoms with Crippen LogP contribution in [0.25, 0.3) is 0 Å². The van der Waals surface area contributed by atoms with Gasteiger partial charge in [-0.1, -0.05) is 6.42 Å². The monoisotopic (exact) mass is 238 g/mol. The number of hydrogen-bond acceptors (Lipinski definition) is 4. The third-order valence-electron chi connectivity index (χ3n) is 3.69. The SMILES string of the molecule is CCn1nc(C)c(N)c1NC1CCCC1CO. The minimum Gasteiger partial charge on any atom is -0.396 e. The molecule has 5 heteroatoms. The van der Waals surface area contributed by atoms with Crippen LogP contribution in [0.2, 0.25) is 0 Å². The molecule has 1 aliphatic carbocycles. The van der Waals surface area contributed by atoms with E-state index in [-0.39, 0.29) is 6.61 Å². The molecule has 4 N–H and O–H groups in total. The molecular formula is C12H22N4O. The minimum atomic E-state index is 0.247. The van der Waals surface area contributed by atoms with Crippen molar-refractivity contribution >= 4 is 11.5 Å². The highest BCUT2D eigenvalue weighted by Crippen LogP contribution is 2.31. The minimum absolute atomic E-state index is 0.247. The number of anilines is 2. The van der Waals surface area contributed by atoms with Gasteiger partial charge in [0.25, 0.3) is 0 Å². The van der Waals surface area contributed by atoms with E-state index < -0.39 is 0 Å². The Balaban J connectivity index is 2.17. The maximum atomic E-state index is 9.32. The van der Waals surface area contributed by atoms with Gasteiger partial charge in [0.1, 0.15) is 5.82 Å². The Hall–Kier alpha value is -1.23. The average Bonchev–Trinajstić information content (AvgIpc) is 2.88. The van der Waals surface area contributed by atoms with E-state index in [1.807, 2.05) is 11.6 Å². The van der Waals surface area contributed by atoms with E-state index in [1.54, 1.807) is 0 Å². The lowest BCUT2D eigenvalue weighted by atomic mass is 10.1.